The van der Waals surface area contributed by atoms with Crippen molar-refractivity contribution >= 4 is 17.6 Å². The van der Waals surface area contributed by atoms with Crippen LogP contribution >= 0.6 is 0 Å². The normalized spacial score (nSPS) is 11.6. The van der Waals surface area contributed by atoms with Gasteiger partial charge in [0.1, 0.15) is 11.5 Å². The molecule has 29 heavy (non-hydrogen) atoms. The maximum Gasteiger partial charge on any atom is 0.287 e. The van der Waals surface area contributed by atoms with Crippen LogP contribution in [-0.4, -0.2) is 43.2 Å². The van der Waals surface area contributed by atoms with Crippen LogP contribution in [-0.2, 0) is 16.0 Å². The van der Waals surface area contributed by atoms with Gasteiger partial charge in [-0.05, 0) is 31.4 Å². The zero-order valence-electron chi connectivity index (χ0n) is 15.8. The molecule has 0 aliphatic rings. The van der Waals surface area contributed by atoms with Gasteiger partial charge in [0.25, 0.3) is 11.8 Å². The number of primary amides is 1. The number of imidazole rings is 1. The van der Waals surface area contributed by atoms with Gasteiger partial charge in [-0.25, -0.2) is 15.0 Å². The van der Waals surface area contributed by atoms with Gasteiger partial charge < -0.3 is 11.1 Å². The largest absolute Gasteiger partial charge is 0.363 e. The van der Waals surface area contributed by atoms with E-state index in [1.165, 1.54) is 10.8 Å². The fourth-order valence-electron chi connectivity index (χ4n) is 2.89. The van der Waals surface area contributed by atoms with Crippen molar-refractivity contribution in [2.75, 3.05) is 0 Å². The molecule has 148 valence electrons. The molecule has 0 aliphatic heterocycles. The third kappa shape index (κ3) is 4.70. The van der Waals surface area contributed by atoms with Crippen molar-refractivity contribution in [1.82, 2.24) is 24.8 Å². The topological polar surface area (TPSA) is 133 Å². The molecular weight excluding hydrogens is 372 g/mol. The van der Waals surface area contributed by atoms with E-state index in [-0.39, 0.29) is 18.1 Å². The Balaban J connectivity index is 1.82. The summed E-state index contributed by atoms with van der Waals surface area (Å²) in [5.41, 5.74) is 6.29. The molecule has 9 heteroatoms. The Morgan fingerprint density at radius 1 is 1.07 bits per heavy atom. The minimum atomic E-state index is -1.10. The number of Topliss-reactive ketones (excluding diaryl/α,β-unsaturated/α-hetero) is 1. The maximum absolute atomic E-state index is 12.9. The van der Waals surface area contributed by atoms with Crippen molar-refractivity contribution in [2.45, 2.75) is 25.8 Å². The summed E-state index contributed by atoms with van der Waals surface area (Å²) in [7, 11) is 0. The third-order valence-corrected chi connectivity index (χ3v) is 4.35. The number of hydrogen-bond acceptors (Lipinski definition) is 6. The molecular formula is C20H20N6O3. The molecule has 0 saturated carbocycles. The number of carbonyl (C=O) groups excluding carboxylic acids is 3. The average molecular weight is 392 g/mol. The molecule has 3 rings (SSSR count). The molecule has 0 fully saturated rings. The van der Waals surface area contributed by atoms with Gasteiger partial charge in [0.2, 0.25) is 11.7 Å². The second-order valence-electron chi connectivity index (χ2n) is 6.35. The van der Waals surface area contributed by atoms with Gasteiger partial charge in [-0.2, -0.15) is 0 Å². The second kappa shape index (κ2) is 8.87. The minimum Gasteiger partial charge on any atom is -0.363 e. The summed E-state index contributed by atoms with van der Waals surface area (Å²) in [6.45, 7) is 1.70. The van der Waals surface area contributed by atoms with Crippen molar-refractivity contribution in [1.29, 1.82) is 0 Å². The molecule has 0 aliphatic carbocycles. The second-order valence-corrected chi connectivity index (χ2v) is 6.35. The van der Waals surface area contributed by atoms with Crippen molar-refractivity contribution in [2.24, 2.45) is 5.73 Å². The first-order chi connectivity index (χ1) is 14.0. The minimum absolute atomic E-state index is 0.149. The summed E-state index contributed by atoms with van der Waals surface area (Å²) in [6.07, 6.45) is 5.17. The lowest BCUT2D eigenvalue weighted by Crippen LogP contribution is -2.46. The quantitative estimate of drug-likeness (QED) is 0.544. The summed E-state index contributed by atoms with van der Waals surface area (Å²) in [6, 6.07) is 10.0. The highest BCUT2D eigenvalue weighted by atomic mass is 16.2. The predicted octanol–water partition coefficient (Wildman–Crippen LogP) is 0.756. The first-order valence-corrected chi connectivity index (χ1v) is 8.97. The number of benzene rings is 1. The SMILES string of the molecule is Cc1ncc(C(=O)NC(CCc2ccccc2)C(=O)C(N)=O)n1-c1ncccn1. The van der Waals surface area contributed by atoms with Crippen LogP contribution in [0, 0.1) is 6.92 Å². The lowest BCUT2D eigenvalue weighted by atomic mass is 10.0. The number of hydrogen-bond donors (Lipinski definition) is 2. The lowest BCUT2D eigenvalue weighted by Gasteiger charge is -2.17. The number of aryl methyl sites for hydroxylation is 2. The van der Waals surface area contributed by atoms with Crippen LogP contribution in [0.1, 0.15) is 28.3 Å². The van der Waals surface area contributed by atoms with Crippen molar-refractivity contribution in [3.05, 3.63) is 72.1 Å². The van der Waals surface area contributed by atoms with E-state index in [0.717, 1.165) is 5.56 Å². The number of amides is 2. The molecule has 0 bridgehead atoms. The Kier molecular flexibility index (Phi) is 6.08. The molecule has 0 spiro atoms. The van der Waals surface area contributed by atoms with Crippen LogP contribution in [0.25, 0.3) is 5.95 Å². The van der Waals surface area contributed by atoms with Gasteiger partial charge in [0.05, 0.1) is 12.2 Å². The number of nitrogens with two attached hydrogens (primary N) is 1. The highest BCUT2D eigenvalue weighted by Crippen LogP contribution is 2.12. The number of carbonyl (C=O) groups is 3. The van der Waals surface area contributed by atoms with E-state index in [4.69, 9.17) is 5.73 Å². The van der Waals surface area contributed by atoms with Gasteiger partial charge in [0.15, 0.2) is 0 Å². The fraction of sp³-hybridized carbons (Fsp3) is 0.200. The number of nitrogens with one attached hydrogen (secondary N) is 1. The molecule has 2 aromatic heterocycles. The van der Waals surface area contributed by atoms with E-state index < -0.39 is 23.6 Å². The molecule has 0 saturated heterocycles. The molecule has 1 unspecified atom stereocenters. The summed E-state index contributed by atoms with van der Waals surface area (Å²) in [4.78, 5) is 49.0. The van der Waals surface area contributed by atoms with E-state index >= 15 is 0 Å². The van der Waals surface area contributed by atoms with Gasteiger partial charge in [-0.1, -0.05) is 30.3 Å². The van der Waals surface area contributed by atoms with Crippen molar-refractivity contribution in [3.63, 3.8) is 0 Å². The van der Waals surface area contributed by atoms with Gasteiger partial charge in [-0.3, -0.25) is 19.0 Å². The van der Waals surface area contributed by atoms with Crippen molar-refractivity contribution < 1.29 is 14.4 Å². The number of nitrogens with zero attached hydrogens (tertiary/aromatic N) is 4. The van der Waals surface area contributed by atoms with Crippen molar-refractivity contribution in [3.8, 4) is 5.95 Å². The van der Waals surface area contributed by atoms with Crippen LogP contribution in [0.3, 0.4) is 0 Å². The Morgan fingerprint density at radius 2 is 1.76 bits per heavy atom. The third-order valence-electron chi connectivity index (χ3n) is 4.35. The molecule has 3 aromatic rings. The zero-order valence-corrected chi connectivity index (χ0v) is 15.8. The Bertz CT molecular complexity index is 1020. The standard InChI is InChI=1S/C20H20N6O3/c1-13-24-12-16(26(13)20-22-10-5-11-23-20)19(29)25-15(17(27)18(21)28)9-8-14-6-3-2-4-7-14/h2-7,10-12,15H,8-9H2,1H3,(H2,21,28)(H,25,29). The average Bonchev–Trinajstić information content (AvgIpc) is 3.13. The van der Waals surface area contributed by atoms with Gasteiger partial charge in [0, 0.05) is 12.4 Å². The lowest BCUT2D eigenvalue weighted by molar-refractivity contribution is -0.137. The number of aromatic nitrogens is 4. The van der Waals surface area contributed by atoms with E-state index in [2.05, 4.69) is 20.3 Å². The summed E-state index contributed by atoms with van der Waals surface area (Å²) < 4.78 is 1.47. The Morgan fingerprint density at radius 3 is 2.41 bits per heavy atom. The summed E-state index contributed by atoms with van der Waals surface area (Å²) in [5.74, 6) is -1.75. The van der Waals surface area contributed by atoms with Crippen LogP contribution in [0.4, 0.5) is 0 Å². The molecule has 1 aromatic carbocycles. The van der Waals surface area contributed by atoms with Crippen LogP contribution in [0.15, 0.2) is 55.0 Å². The van der Waals surface area contributed by atoms with Gasteiger partial charge >= 0.3 is 0 Å². The summed E-state index contributed by atoms with van der Waals surface area (Å²) >= 11 is 0. The van der Waals surface area contributed by atoms with E-state index in [0.29, 0.717) is 12.2 Å². The zero-order chi connectivity index (χ0) is 20.8. The van der Waals surface area contributed by atoms with E-state index in [1.807, 2.05) is 30.3 Å². The first-order valence-electron chi connectivity index (χ1n) is 8.97. The molecule has 0 radical (unpaired) electrons. The summed E-state index contributed by atoms with van der Waals surface area (Å²) in [5, 5.41) is 2.60. The molecule has 3 N–H and O–H groups in total. The molecule has 9 nitrogen and oxygen atoms in total. The highest BCUT2D eigenvalue weighted by Gasteiger charge is 2.27. The molecule has 2 amide bonds. The van der Waals surface area contributed by atoms with E-state index in [1.54, 1.807) is 25.4 Å². The van der Waals surface area contributed by atoms with Crippen LogP contribution in [0.2, 0.25) is 0 Å². The number of rotatable bonds is 8. The number of ketones is 1. The fourth-order valence-corrected chi connectivity index (χ4v) is 2.89. The van der Waals surface area contributed by atoms with Crippen LogP contribution in [0.5, 0.6) is 0 Å². The highest BCUT2D eigenvalue weighted by molar-refractivity contribution is 6.38. The monoisotopic (exact) mass is 392 g/mol. The molecule has 1 atom stereocenters. The smallest absolute Gasteiger partial charge is 0.287 e. The molecule has 2 heterocycles. The van der Waals surface area contributed by atoms with Gasteiger partial charge in [-0.15, -0.1) is 0 Å². The van der Waals surface area contributed by atoms with Crippen LogP contribution < -0.4 is 11.1 Å². The Labute approximate surface area is 167 Å². The first kappa shape index (κ1) is 19.9. The maximum atomic E-state index is 12.9. The Hall–Kier alpha value is -3.88. The predicted molar refractivity (Wildman–Crippen MR) is 104 cm³/mol. The van der Waals surface area contributed by atoms with E-state index in [9.17, 15) is 14.4 Å².